The van der Waals surface area contributed by atoms with Gasteiger partial charge in [0.15, 0.2) is 5.54 Å². The van der Waals surface area contributed by atoms with Gasteiger partial charge in [-0.2, -0.15) is 0 Å². The molecular weight excluding hydrogens is 266 g/mol. The summed E-state index contributed by atoms with van der Waals surface area (Å²) in [6.07, 6.45) is 0.457. The molecular formula is C17H13NO3. The van der Waals surface area contributed by atoms with Gasteiger partial charge in [0.25, 0.3) is 5.91 Å². The van der Waals surface area contributed by atoms with Crippen LogP contribution in [-0.4, -0.2) is 19.0 Å². The number of rotatable bonds is 1. The van der Waals surface area contributed by atoms with Crippen LogP contribution in [0.15, 0.2) is 48.5 Å². The zero-order chi connectivity index (χ0) is 14.6. The molecule has 0 radical (unpaired) electrons. The fraction of sp³-hybridized carbons (Fsp3) is 0.176. The molecule has 0 N–H and O–H groups in total. The van der Waals surface area contributed by atoms with E-state index in [4.69, 9.17) is 4.74 Å². The maximum Gasteiger partial charge on any atom is 0.337 e. The number of anilines is 1. The maximum absolute atomic E-state index is 12.8. The molecule has 0 unspecified atom stereocenters. The van der Waals surface area contributed by atoms with E-state index in [1.165, 1.54) is 7.11 Å². The number of nitrogens with zero attached hydrogens (tertiary/aromatic N) is 1. The van der Waals surface area contributed by atoms with Gasteiger partial charge in [0.2, 0.25) is 0 Å². The summed E-state index contributed by atoms with van der Waals surface area (Å²) in [5.41, 5.74) is 2.05. The summed E-state index contributed by atoms with van der Waals surface area (Å²) < 4.78 is 5.04. The lowest BCUT2D eigenvalue weighted by molar-refractivity contribution is -0.146. The molecule has 2 aromatic rings. The Morgan fingerprint density at radius 1 is 1.14 bits per heavy atom. The number of esters is 1. The molecule has 0 aliphatic carbocycles. The first-order chi connectivity index (χ1) is 10.2. The van der Waals surface area contributed by atoms with Crippen LogP contribution < -0.4 is 4.90 Å². The van der Waals surface area contributed by atoms with Gasteiger partial charge in [-0.3, -0.25) is 9.69 Å². The maximum atomic E-state index is 12.8. The van der Waals surface area contributed by atoms with Crippen LogP contribution in [0.4, 0.5) is 5.69 Å². The van der Waals surface area contributed by atoms with Crippen LogP contribution in [-0.2, 0) is 21.5 Å². The summed E-state index contributed by atoms with van der Waals surface area (Å²) in [6.45, 7) is 0. The van der Waals surface area contributed by atoms with E-state index < -0.39 is 11.5 Å². The highest BCUT2D eigenvalue weighted by molar-refractivity contribution is 6.18. The van der Waals surface area contributed by atoms with Crippen molar-refractivity contribution in [3.05, 3.63) is 65.2 Å². The summed E-state index contributed by atoms with van der Waals surface area (Å²) >= 11 is 0. The second kappa shape index (κ2) is 3.95. The van der Waals surface area contributed by atoms with Gasteiger partial charge >= 0.3 is 5.97 Å². The third-order valence-electron chi connectivity index (χ3n) is 4.39. The van der Waals surface area contributed by atoms with Crippen molar-refractivity contribution in [2.24, 2.45) is 0 Å². The number of fused-ring (bicyclic) bond motifs is 5. The van der Waals surface area contributed by atoms with E-state index in [2.05, 4.69) is 0 Å². The van der Waals surface area contributed by atoms with Crippen LogP contribution in [0, 0.1) is 0 Å². The van der Waals surface area contributed by atoms with Crippen LogP contribution in [0.3, 0.4) is 0 Å². The van der Waals surface area contributed by atoms with Crippen molar-refractivity contribution < 1.29 is 14.3 Å². The Hall–Kier alpha value is -2.62. The quantitative estimate of drug-likeness (QED) is 0.752. The minimum Gasteiger partial charge on any atom is -0.467 e. The molecule has 21 heavy (non-hydrogen) atoms. The Balaban J connectivity index is 2.04. The van der Waals surface area contributed by atoms with E-state index in [1.807, 2.05) is 42.5 Å². The molecule has 2 aliphatic rings. The van der Waals surface area contributed by atoms with Crippen LogP contribution in [0.5, 0.6) is 0 Å². The summed E-state index contributed by atoms with van der Waals surface area (Å²) in [7, 11) is 1.36. The van der Waals surface area contributed by atoms with Gasteiger partial charge in [0, 0.05) is 23.2 Å². The predicted octanol–water partition coefficient (Wildman–Crippen LogP) is 2.27. The lowest BCUT2D eigenvalue weighted by atomic mass is 9.86. The monoisotopic (exact) mass is 279 g/mol. The SMILES string of the molecule is COC(=O)[C@@]12Cc3ccccc3N1C(=O)c1ccccc12. The van der Waals surface area contributed by atoms with Gasteiger partial charge in [-0.05, 0) is 17.7 Å². The molecule has 104 valence electrons. The van der Waals surface area contributed by atoms with Crippen molar-refractivity contribution in [2.75, 3.05) is 12.0 Å². The van der Waals surface area contributed by atoms with Crippen molar-refractivity contribution in [1.82, 2.24) is 0 Å². The van der Waals surface area contributed by atoms with Gasteiger partial charge in [-0.1, -0.05) is 36.4 Å². The minimum absolute atomic E-state index is 0.138. The second-order valence-corrected chi connectivity index (χ2v) is 5.34. The first-order valence-electron chi connectivity index (χ1n) is 6.80. The zero-order valence-corrected chi connectivity index (χ0v) is 11.5. The molecule has 1 atom stereocenters. The third kappa shape index (κ3) is 1.29. The summed E-state index contributed by atoms with van der Waals surface area (Å²) in [4.78, 5) is 27.0. The molecule has 2 heterocycles. The number of carbonyl (C=O) groups excluding carboxylic acids is 2. The molecule has 2 aromatic carbocycles. The molecule has 0 saturated heterocycles. The summed E-state index contributed by atoms with van der Waals surface area (Å²) in [5.74, 6) is -0.530. The Morgan fingerprint density at radius 2 is 1.86 bits per heavy atom. The fourth-order valence-electron chi connectivity index (χ4n) is 3.53. The Bertz CT molecular complexity index is 783. The number of amides is 1. The molecule has 4 heteroatoms. The molecule has 4 rings (SSSR count). The van der Waals surface area contributed by atoms with E-state index in [0.717, 1.165) is 16.8 Å². The number of ether oxygens (including phenoxy) is 1. The normalized spacial score (nSPS) is 21.8. The first kappa shape index (κ1) is 12.1. The molecule has 0 spiro atoms. The standard InChI is InChI=1S/C17H13NO3/c1-21-16(20)17-10-11-6-2-5-9-14(11)18(17)15(19)12-7-3-4-8-13(12)17/h2-9H,10H2,1H3/t17-/m0/s1. The molecule has 0 aromatic heterocycles. The van der Waals surface area contributed by atoms with E-state index in [0.29, 0.717) is 12.0 Å². The average molecular weight is 279 g/mol. The van der Waals surface area contributed by atoms with E-state index >= 15 is 0 Å². The lowest BCUT2D eigenvalue weighted by Crippen LogP contribution is -2.48. The number of benzene rings is 2. The third-order valence-corrected chi connectivity index (χ3v) is 4.39. The number of para-hydroxylation sites is 1. The molecule has 1 amide bonds. The summed E-state index contributed by atoms with van der Waals surface area (Å²) in [5, 5.41) is 0. The van der Waals surface area contributed by atoms with E-state index in [1.54, 1.807) is 11.0 Å². The van der Waals surface area contributed by atoms with Crippen LogP contribution in [0.25, 0.3) is 0 Å². The molecule has 0 fully saturated rings. The molecule has 2 aliphatic heterocycles. The van der Waals surface area contributed by atoms with Gasteiger partial charge in [0.1, 0.15) is 0 Å². The molecule has 4 nitrogen and oxygen atoms in total. The van der Waals surface area contributed by atoms with Crippen molar-refractivity contribution in [1.29, 1.82) is 0 Å². The van der Waals surface area contributed by atoms with E-state index in [9.17, 15) is 9.59 Å². The highest BCUT2D eigenvalue weighted by Gasteiger charge is 2.60. The average Bonchev–Trinajstić information content (AvgIpc) is 3.00. The zero-order valence-electron chi connectivity index (χ0n) is 11.5. The minimum atomic E-state index is -1.05. The van der Waals surface area contributed by atoms with E-state index in [-0.39, 0.29) is 5.91 Å². The Morgan fingerprint density at radius 3 is 2.67 bits per heavy atom. The van der Waals surface area contributed by atoms with Crippen LogP contribution in [0.2, 0.25) is 0 Å². The van der Waals surface area contributed by atoms with Gasteiger partial charge < -0.3 is 4.74 Å². The van der Waals surface area contributed by atoms with Gasteiger partial charge in [-0.25, -0.2) is 4.79 Å². The number of methoxy groups -OCH3 is 1. The number of hydrogen-bond acceptors (Lipinski definition) is 3. The van der Waals surface area contributed by atoms with Crippen molar-refractivity contribution >= 4 is 17.6 Å². The smallest absolute Gasteiger partial charge is 0.337 e. The highest BCUT2D eigenvalue weighted by atomic mass is 16.5. The number of hydrogen-bond donors (Lipinski definition) is 0. The van der Waals surface area contributed by atoms with Gasteiger partial charge in [0.05, 0.1) is 7.11 Å². The van der Waals surface area contributed by atoms with Crippen molar-refractivity contribution in [2.45, 2.75) is 12.0 Å². The molecule has 0 bridgehead atoms. The molecule has 0 saturated carbocycles. The Labute approximate surface area is 121 Å². The van der Waals surface area contributed by atoms with Crippen molar-refractivity contribution in [3.8, 4) is 0 Å². The van der Waals surface area contributed by atoms with Crippen LogP contribution in [0.1, 0.15) is 21.5 Å². The van der Waals surface area contributed by atoms with Crippen LogP contribution >= 0.6 is 0 Å². The highest BCUT2D eigenvalue weighted by Crippen LogP contribution is 2.51. The fourth-order valence-corrected chi connectivity index (χ4v) is 3.53. The summed E-state index contributed by atoms with van der Waals surface area (Å²) in [6, 6.07) is 14.9. The topological polar surface area (TPSA) is 46.6 Å². The Kier molecular flexibility index (Phi) is 2.28. The predicted molar refractivity (Wildman–Crippen MR) is 77.1 cm³/mol. The largest absolute Gasteiger partial charge is 0.467 e. The van der Waals surface area contributed by atoms with Gasteiger partial charge in [-0.15, -0.1) is 0 Å². The first-order valence-corrected chi connectivity index (χ1v) is 6.80. The second-order valence-electron chi connectivity index (χ2n) is 5.34. The lowest BCUT2D eigenvalue weighted by Gasteiger charge is -2.30. The van der Waals surface area contributed by atoms with Crippen molar-refractivity contribution in [3.63, 3.8) is 0 Å². The number of carbonyl (C=O) groups is 2.